The van der Waals surface area contributed by atoms with Gasteiger partial charge in [-0.05, 0) is 42.8 Å². The lowest BCUT2D eigenvalue weighted by molar-refractivity contribution is -0.137. The summed E-state index contributed by atoms with van der Waals surface area (Å²) < 4.78 is 9.40. The van der Waals surface area contributed by atoms with E-state index in [1.165, 1.54) is 0 Å². The van der Waals surface area contributed by atoms with Crippen LogP contribution in [0.25, 0.3) is 27.8 Å². The Hall–Kier alpha value is -2.96. The molecular formula is C23H21Cl2N3O3. The average Bonchev–Trinajstić information content (AvgIpc) is 3.36. The normalized spacial score (nSPS) is 11.2. The van der Waals surface area contributed by atoms with Gasteiger partial charge in [0.05, 0.1) is 35.1 Å². The fourth-order valence-electron chi connectivity index (χ4n) is 3.41. The third-order valence-corrected chi connectivity index (χ3v) is 5.55. The summed E-state index contributed by atoms with van der Waals surface area (Å²) in [5.41, 5.74) is 3.48. The van der Waals surface area contributed by atoms with Gasteiger partial charge in [0.2, 0.25) is 0 Å². The number of aromatic nitrogens is 3. The maximum Gasteiger partial charge on any atom is 0.305 e. The average molecular weight is 458 g/mol. The number of benzene rings is 2. The first-order valence-corrected chi connectivity index (χ1v) is 10.7. The molecule has 0 fully saturated rings. The van der Waals surface area contributed by atoms with E-state index in [-0.39, 0.29) is 6.42 Å². The number of halogens is 2. The minimum Gasteiger partial charge on any atom is -0.492 e. The first-order chi connectivity index (χ1) is 15.0. The number of carboxylic acid groups (broad SMARTS) is 1. The highest BCUT2D eigenvalue weighted by Crippen LogP contribution is 2.31. The highest BCUT2D eigenvalue weighted by molar-refractivity contribution is 6.35. The van der Waals surface area contributed by atoms with E-state index in [2.05, 4.69) is 4.98 Å². The van der Waals surface area contributed by atoms with Crippen molar-refractivity contribution in [1.29, 1.82) is 0 Å². The maximum atomic E-state index is 10.9. The first kappa shape index (κ1) is 21.3. The zero-order chi connectivity index (χ0) is 22.0. The van der Waals surface area contributed by atoms with Crippen LogP contribution in [0.4, 0.5) is 0 Å². The molecule has 4 aromatic rings. The van der Waals surface area contributed by atoms with Crippen LogP contribution in [-0.2, 0) is 11.3 Å². The molecule has 2 aromatic heterocycles. The number of aliphatic carboxylic acids is 1. The zero-order valence-electron chi connectivity index (χ0n) is 16.9. The molecule has 0 aliphatic rings. The van der Waals surface area contributed by atoms with Gasteiger partial charge >= 0.3 is 5.97 Å². The van der Waals surface area contributed by atoms with Gasteiger partial charge in [-0.1, -0.05) is 30.1 Å². The number of aryl methyl sites for hydroxylation is 1. The Labute approximate surface area is 189 Å². The van der Waals surface area contributed by atoms with Crippen molar-refractivity contribution in [2.45, 2.75) is 26.3 Å². The van der Waals surface area contributed by atoms with Crippen molar-refractivity contribution in [1.82, 2.24) is 14.1 Å². The van der Waals surface area contributed by atoms with Gasteiger partial charge in [0.25, 0.3) is 0 Å². The maximum absolute atomic E-state index is 10.9. The number of carbonyl (C=O) groups is 1. The number of nitrogens with zero attached hydrogens (tertiary/aromatic N) is 3. The third kappa shape index (κ3) is 4.55. The van der Waals surface area contributed by atoms with E-state index in [1.807, 2.05) is 58.7 Å². The van der Waals surface area contributed by atoms with Crippen molar-refractivity contribution < 1.29 is 14.6 Å². The second-order valence-electron chi connectivity index (χ2n) is 7.18. The predicted octanol–water partition coefficient (Wildman–Crippen LogP) is 6.06. The summed E-state index contributed by atoms with van der Waals surface area (Å²) in [4.78, 5) is 15.4. The van der Waals surface area contributed by atoms with Gasteiger partial charge in [-0.2, -0.15) is 0 Å². The minimum absolute atomic E-state index is 0.0393. The van der Waals surface area contributed by atoms with E-state index in [1.54, 1.807) is 12.5 Å². The molecule has 0 bridgehead atoms. The lowest BCUT2D eigenvalue weighted by atomic mass is 10.1. The van der Waals surface area contributed by atoms with E-state index < -0.39 is 5.97 Å². The summed E-state index contributed by atoms with van der Waals surface area (Å²) in [6.07, 6.45) is 6.38. The molecule has 0 radical (unpaired) electrons. The molecule has 8 heteroatoms. The molecule has 0 unspecified atom stereocenters. The molecule has 0 saturated heterocycles. The Kier molecular flexibility index (Phi) is 6.20. The van der Waals surface area contributed by atoms with Crippen LogP contribution in [0.2, 0.25) is 10.0 Å². The first-order valence-electron chi connectivity index (χ1n) is 9.93. The molecule has 1 N–H and O–H groups in total. The number of hydrogen-bond acceptors (Lipinski definition) is 3. The van der Waals surface area contributed by atoms with E-state index in [0.29, 0.717) is 28.9 Å². The highest BCUT2D eigenvalue weighted by atomic mass is 35.5. The second-order valence-corrected chi connectivity index (χ2v) is 7.99. The van der Waals surface area contributed by atoms with Crippen LogP contribution >= 0.6 is 23.2 Å². The number of carboxylic acids is 1. The molecule has 0 aliphatic heterocycles. The Morgan fingerprint density at radius 1 is 1.13 bits per heavy atom. The molecular weight excluding hydrogens is 437 g/mol. The Morgan fingerprint density at radius 2 is 1.97 bits per heavy atom. The fraction of sp³-hybridized carbons (Fsp3) is 0.217. The topological polar surface area (TPSA) is 69.3 Å². The summed E-state index contributed by atoms with van der Waals surface area (Å²) in [5, 5.41) is 10.9. The standard InChI is InChI=1S/C23H21Cl2N3O3/c1-2-9-31-22-6-3-15(10-18(22)24)20-13-28(14-26-20)16-4-5-21-17(11-16)19(25)12-27(21)8-7-23(29)30/h3-6,10-14H,2,7-9H2,1H3,(H,29,30). The third-order valence-electron chi connectivity index (χ3n) is 4.95. The lowest BCUT2D eigenvalue weighted by Gasteiger charge is -2.08. The molecule has 0 amide bonds. The van der Waals surface area contributed by atoms with Crippen molar-refractivity contribution in [3.8, 4) is 22.7 Å². The Balaban J connectivity index is 1.61. The van der Waals surface area contributed by atoms with Crippen LogP contribution < -0.4 is 4.74 Å². The van der Waals surface area contributed by atoms with Crippen molar-refractivity contribution in [2.75, 3.05) is 6.61 Å². The molecule has 0 aliphatic carbocycles. The van der Waals surface area contributed by atoms with E-state index in [0.717, 1.165) is 34.3 Å². The van der Waals surface area contributed by atoms with Gasteiger partial charge in [0, 0.05) is 41.1 Å². The quantitative estimate of drug-likeness (QED) is 0.348. The minimum atomic E-state index is -0.842. The second kappa shape index (κ2) is 9.04. The van der Waals surface area contributed by atoms with Gasteiger partial charge in [-0.25, -0.2) is 4.98 Å². The Morgan fingerprint density at radius 3 is 2.71 bits per heavy atom. The van der Waals surface area contributed by atoms with Crippen molar-refractivity contribution in [2.24, 2.45) is 0 Å². The van der Waals surface area contributed by atoms with Crippen LogP contribution in [0.1, 0.15) is 19.8 Å². The lowest BCUT2D eigenvalue weighted by Crippen LogP contribution is -2.03. The number of ether oxygens (including phenoxy) is 1. The molecule has 0 saturated carbocycles. The number of imidazole rings is 1. The summed E-state index contributed by atoms with van der Waals surface area (Å²) in [5.74, 6) is -0.176. The zero-order valence-corrected chi connectivity index (χ0v) is 18.4. The number of hydrogen-bond donors (Lipinski definition) is 1. The molecule has 0 atom stereocenters. The van der Waals surface area contributed by atoms with Gasteiger partial charge in [0.1, 0.15) is 5.75 Å². The largest absolute Gasteiger partial charge is 0.492 e. The fourth-order valence-corrected chi connectivity index (χ4v) is 3.91. The summed E-state index contributed by atoms with van der Waals surface area (Å²) in [7, 11) is 0. The van der Waals surface area contributed by atoms with Crippen molar-refractivity contribution >= 4 is 40.1 Å². The Bertz CT molecular complexity index is 1250. The van der Waals surface area contributed by atoms with Crippen LogP contribution in [-0.4, -0.2) is 31.8 Å². The number of fused-ring (bicyclic) bond motifs is 1. The predicted molar refractivity (Wildman–Crippen MR) is 123 cm³/mol. The molecule has 31 heavy (non-hydrogen) atoms. The van der Waals surface area contributed by atoms with Crippen molar-refractivity contribution in [3.05, 3.63) is 65.2 Å². The van der Waals surface area contributed by atoms with Crippen LogP contribution in [0, 0.1) is 0 Å². The summed E-state index contributed by atoms with van der Waals surface area (Å²) in [6, 6.07) is 11.5. The van der Waals surface area contributed by atoms with Gasteiger partial charge in [-0.3, -0.25) is 4.79 Å². The van der Waals surface area contributed by atoms with Crippen LogP contribution in [0.5, 0.6) is 5.75 Å². The van der Waals surface area contributed by atoms with E-state index >= 15 is 0 Å². The number of rotatable bonds is 8. The molecule has 6 nitrogen and oxygen atoms in total. The SMILES string of the molecule is CCCOc1ccc(-c2cn(-c3ccc4c(c3)c(Cl)cn4CCC(=O)O)cn2)cc1Cl. The molecule has 4 rings (SSSR count). The van der Waals surface area contributed by atoms with E-state index in [9.17, 15) is 4.79 Å². The van der Waals surface area contributed by atoms with Crippen LogP contribution in [0.15, 0.2) is 55.1 Å². The summed E-state index contributed by atoms with van der Waals surface area (Å²) >= 11 is 12.8. The monoisotopic (exact) mass is 457 g/mol. The van der Waals surface area contributed by atoms with Gasteiger partial charge in [0.15, 0.2) is 0 Å². The molecule has 2 aromatic carbocycles. The van der Waals surface area contributed by atoms with Gasteiger partial charge in [-0.15, -0.1) is 0 Å². The van der Waals surface area contributed by atoms with Crippen molar-refractivity contribution in [3.63, 3.8) is 0 Å². The van der Waals surface area contributed by atoms with Crippen LogP contribution in [0.3, 0.4) is 0 Å². The highest BCUT2D eigenvalue weighted by Gasteiger charge is 2.12. The molecule has 0 spiro atoms. The van der Waals surface area contributed by atoms with Gasteiger partial charge < -0.3 is 19.0 Å². The van der Waals surface area contributed by atoms with E-state index in [4.69, 9.17) is 33.0 Å². The molecule has 2 heterocycles. The summed E-state index contributed by atoms with van der Waals surface area (Å²) in [6.45, 7) is 3.03. The molecule has 160 valence electrons. The smallest absolute Gasteiger partial charge is 0.305 e.